The van der Waals surface area contributed by atoms with Gasteiger partial charge in [0.15, 0.2) is 0 Å². The lowest BCUT2D eigenvalue weighted by Gasteiger charge is -2.40. The Kier molecular flexibility index (Phi) is 5.26. The number of carbonyl (C=O) groups excluding carboxylic acids is 1. The molecule has 6 nitrogen and oxygen atoms in total. The molecule has 29 heavy (non-hydrogen) atoms. The molecule has 5 rings (SSSR count). The predicted molar refractivity (Wildman–Crippen MR) is 117 cm³/mol. The Balaban J connectivity index is 1.18. The highest BCUT2D eigenvalue weighted by atomic mass is 32.1. The van der Waals surface area contributed by atoms with Gasteiger partial charge < -0.3 is 9.80 Å². The summed E-state index contributed by atoms with van der Waals surface area (Å²) in [6.07, 6.45) is 8.28. The number of piperidine rings is 2. The van der Waals surface area contributed by atoms with E-state index in [-0.39, 0.29) is 11.3 Å². The van der Waals surface area contributed by atoms with Crippen molar-refractivity contribution < 1.29 is 4.79 Å². The van der Waals surface area contributed by atoms with Crippen molar-refractivity contribution in [2.24, 2.45) is 0 Å². The van der Waals surface area contributed by atoms with Crippen molar-refractivity contribution in [3.8, 4) is 0 Å². The van der Waals surface area contributed by atoms with Gasteiger partial charge in [0.25, 0.3) is 0 Å². The summed E-state index contributed by atoms with van der Waals surface area (Å²) in [5.41, 5.74) is 0.724. The molecule has 0 unspecified atom stereocenters. The molecule has 3 fully saturated rings. The summed E-state index contributed by atoms with van der Waals surface area (Å²) in [5.74, 6) is 0.0511. The minimum absolute atomic E-state index is 0.0511. The zero-order valence-corrected chi connectivity index (χ0v) is 17.7. The van der Waals surface area contributed by atoms with Gasteiger partial charge in [0.2, 0.25) is 16.2 Å². The molecule has 1 aromatic heterocycles. The van der Waals surface area contributed by atoms with Gasteiger partial charge in [-0.15, -0.1) is 10.2 Å². The van der Waals surface area contributed by atoms with Crippen molar-refractivity contribution >= 4 is 27.5 Å². The Bertz CT molecular complexity index is 836. The van der Waals surface area contributed by atoms with Crippen LogP contribution in [0.5, 0.6) is 0 Å². The zero-order chi connectivity index (χ0) is 19.7. The first-order chi connectivity index (χ1) is 14.2. The topological polar surface area (TPSA) is 61.4 Å². The minimum Gasteiger partial charge on any atom is -0.346 e. The van der Waals surface area contributed by atoms with Crippen molar-refractivity contribution in [3.05, 3.63) is 35.9 Å². The average molecular weight is 412 g/mol. The second kappa shape index (κ2) is 8.03. The van der Waals surface area contributed by atoms with Gasteiger partial charge in [0.05, 0.1) is 5.41 Å². The number of carbonyl (C=O) groups is 1. The van der Waals surface area contributed by atoms with Crippen LogP contribution in [0, 0.1) is 0 Å². The van der Waals surface area contributed by atoms with Gasteiger partial charge in [-0.05, 0) is 57.2 Å². The van der Waals surface area contributed by atoms with Crippen molar-refractivity contribution in [1.82, 2.24) is 15.1 Å². The first kappa shape index (κ1) is 19.0. The van der Waals surface area contributed by atoms with Crippen LogP contribution in [-0.4, -0.2) is 53.2 Å². The highest BCUT2D eigenvalue weighted by Gasteiger charge is 2.51. The van der Waals surface area contributed by atoms with Crippen molar-refractivity contribution in [1.29, 1.82) is 0 Å². The van der Waals surface area contributed by atoms with E-state index < -0.39 is 0 Å². The summed E-state index contributed by atoms with van der Waals surface area (Å²) in [4.78, 5) is 17.9. The van der Waals surface area contributed by atoms with Crippen LogP contribution in [0.2, 0.25) is 0 Å². The number of likely N-dealkylation sites (tertiary alicyclic amines) is 1. The van der Waals surface area contributed by atoms with Crippen molar-refractivity contribution in [2.75, 3.05) is 36.4 Å². The van der Waals surface area contributed by atoms with Crippen LogP contribution in [0.15, 0.2) is 30.3 Å². The maximum absolute atomic E-state index is 12.9. The van der Waals surface area contributed by atoms with Gasteiger partial charge in [-0.1, -0.05) is 48.1 Å². The number of rotatable bonds is 5. The lowest BCUT2D eigenvalue weighted by Crippen LogP contribution is -2.46. The maximum atomic E-state index is 12.9. The largest absolute Gasteiger partial charge is 0.346 e. The van der Waals surface area contributed by atoms with Gasteiger partial charge in [-0.3, -0.25) is 10.1 Å². The quantitative estimate of drug-likeness (QED) is 0.814. The lowest BCUT2D eigenvalue weighted by atomic mass is 9.95. The van der Waals surface area contributed by atoms with Crippen LogP contribution in [0.1, 0.15) is 50.5 Å². The standard InChI is InChI=1S/C22H29N5OS/c28-19(22(11-12-22)17-7-3-1-4-8-17)23-20-24-25-21(29-20)27-15-9-18(10-16-27)26-13-5-2-6-14-26/h1,3-4,7-8,18H,2,5-6,9-16H2,(H,23,24,28). The fraction of sp³-hybridized carbons (Fsp3) is 0.591. The predicted octanol–water partition coefficient (Wildman–Crippen LogP) is 3.66. The molecule has 2 aliphatic heterocycles. The maximum Gasteiger partial charge on any atom is 0.236 e. The third-order valence-electron chi connectivity index (χ3n) is 6.79. The van der Waals surface area contributed by atoms with E-state index in [4.69, 9.17) is 0 Å². The van der Waals surface area contributed by atoms with E-state index in [2.05, 4.69) is 25.3 Å². The van der Waals surface area contributed by atoms with Gasteiger partial charge in [-0.25, -0.2) is 0 Å². The summed E-state index contributed by atoms with van der Waals surface area (Å²) >= 11 is 1.50. The Morgan fingerprint density at radius 3 is 2.41 bits per heavy atom. The van der Waals surface area contributed by atoms with E-state index in [1.54, 1.807) is 0 Å². The second-order valence-electron chi connectivity index (χ2n) is 8.61. The molecule has 1 saturated carbocycles. The molecule has 3 heterocycles. The van der Waals surface area contributed by atoms with E-state index in [1.807, 2.05) is 30.3 Å². The molecule has 1 N–H and O–H groups in total. The molecule has 0 spiro atoms. The summed E-state index contributed by atoms with van der Waals surface area (Å²) < 4.78 is 0. The Hall–Kier alpha value is -1.99. The normalized spacial score (nSPS) is 22.4. The molecule has 2 saturated heterocycles. The molecule has 0 bridgehead atoms. The Morgan fingerprint density at radius 1 is 1.00 bits per heavy atom. The fourth-order valence-corrected chi connectivity index (χ4v) is 5.64. The summed E-state index contributed by atoms with van der Waals surface area (Å²) in [6, 6.07) is 10.8. The van der Waals surface area contributed by atoms with Crippen LogP contribution >= 0.6 is 11.3 Å². The molecule has 154 valence electrons. The van der Waals surface area contributed by atoms with Crippen LogP contribution in [-0.2, 0) is 10.2 Å². The van der Waals surface area contributed by atoms with Gasteiger partial charge >= 0.3 is 0 Å². The molecular formula is C22H29N5OS. The number of nitrogens with zero attached hydrogens (tertiary/aromatic N) is 4. The van der Waals surface area contributed by atoms with Crippen molar-refractivity contribution in [3.63, 3.8) is 0 Å². The number of hydrogen-bond donors (Lipinski definition) is 1. The highest BCUT2D eigenvalue weighted by Crippen LogP contribution is 2.49. The summed E-state index contributed by atoms with van der Waals surface area (Å²) in [7, 11) is 0. The molecule has 0 atom stereocenters. The fourth-order valence-electron chi connectivity index (χ4n) is 4.85. The van der Waals surface area contributed by atoms with E-state index in [1.165, 1.54) is 56.5 Å². The zero-order valence-electron chi connectivity index (χ0n) is 16.8. The molecule has 2 aromatic rings. The first-order valence-corrected chi connectivity index (χ1v) is 11.8. The number of hydrogen-bond acceptors (Lipinski definition) is 6. The van der Waals surface area contributed by atoms with Gasteiger partial charge in [-0.2, -0.15) is 0 Å². The second-order valence-corrected chi connectivity index (χ2v) is 9.56. The number of amides is 1. The van der Waals surface area contributed by atoms with Gasteiger partial charge in [0.1, 0.15) is 0 Å². The molecule has 1 aliphatic carbocycles. The van der Waals surface area contributed by atoms with E-state index in [0.29, 0.717) is 5.13 Å². The highest BCUT2D eigenvalue weighted by molar-refractivity contribution is 7.19. The molecule has 7 heteroatoms. The number of benzene rings is 1. The van der Waals surface area contributed by atoms with E-state index in [0.717, 1.165) is 42.7 Å². The van der Waals surface area contributed by atoms with Crippen LogP contribution in [0.4, 0.5) is 10.3 Å². The summed E-state index contributed by atoms with van der Waals surface area (Å²) in [6.45, 7) is 4.58. The number of anilines is 2. The summed E-state index contributed by atoms with van der Waals surface area (Å²) in [5, 5.41) is 13.2. The first-order valence-electron chi connectivity index (χ1n) is 10.9. The lowest BCUT2D eigenvalue weighted by molar-refractivity contribution is -0.118. The van der Waals surface area contributed by atoms with Gasteiger partial charge in [0, 0.05) is 19.1 Å². The average Bonchev–Trinajstić information content (AvgIpc) is 3.48. The molecule has 3 aliphatic rings. The Morgan fingerprint density at radius 2 is 1.72 bits per heavy atom. The van der Waals surface area contributed by atoms with Crippen LogP contribution in [0.3, 0.4) is 0 Å². The van der Waals surface area contributed by atoms with Crippen molar-refractivity contribution in [2.45, 2.75) is 56.4 Å². The monoisotopic (exact) mass is 411 g/mol. The molecule has 1 amide bonds. The third kappa shape index (κ3) is 3.90. The van der Waals surface area contributed by atoms with Crippen LogP contribution in [0.25, 0.3) is 0 Å². The SMILES string of the molecule is O=C(Nc1nnc(N2CCC(N3CCCCC3)CC2)s1)C1(c2ccccc2)CC1. The molecule has 0 radical (unpaired) electrons. The molecular weight excluding hydrogens is 382 g/mol. The molecule has 1 aromatic carbocycles. The minimum atomic E-state index is -0.375. The van der Waals surface area contributed by atoms with Crippen LogP contribution < -0.4 is 10.2 Å². The number of nitrogens with one attached hydrogen (secondary N) is 1. The van der Waals surface area contributed by atoms with E-state index >= 15 is 0 Å². The van der Waals surface area contributed by atoms with E-state index in [9.17, 15) is 4.79 Å². The Labute approximate surface area is 176 Å². The number of aromatic nitrogens is 2. The third-order valence-corrected chi connectivity index (χ3v) is 7.69. The smallest absolute Gasteiger partial charge is 0.236 e.